The number of nitrogens with one attached hydrogen (secondary N) is 1. The fourth-order valence-electron chi connectivity index (χ4n) is 3.59. The molecule has 0 amide bonds. The first-order valence-corrected chi connectivity index (χ1v) is 11.8. The zero-order valence-electron chi connectivity index (χ0n) is 18.7. The Morgan fingerprint density at radius 3 is 2.73 bits per heavy atom. The van der Waals surface area contributed by atoms with E-state index in [4.69, 9.17) is 18.3 Å². The lowest BCUT2D eigenvalue weighted by Gasteiger charge is -2.31. The number of hydrogen-bond acceptors (Lipinski definition) is 8. The van der Waals surface area contributed by atoms with Crippen LogP contribution in [0.25, 0.3) is 0 Å². The number of aldehydes is 1. The van der Waals surface area contributed by atoms with Crippen LogP contribution in [-0.2, 0) is 30.4 Å². The number of rotatable bonds is 5. The molecule has 0 unspecified atom stereocenters. The molecule has 0 saturated heterocycles. The molecular weight excluding hydrogens is 451 g/mol. The molecule has 176 valence electrons. The molecule has 11 heteroatoms. The summed E-state index contributed by atoms with van der Waals surface area (Å²) in [5.41, 5.74) is 0.742. The van der Waals surface area contributed by atoms with Crippen molar-refractivity contribution < 1.29 is 27.7 Å². The number of phosphoric ester groups is 1. The number of phosphoric acid groups is 1. The number of fused-ring (bicyclic) bond motifs is 1. The molecule has 10 nitrogen and oxygen atoms in total. The number of nitrogens with zero attached hydrogens (tertiary/aromatic N) is 1. The number of aromatic amines is 1. The van der Waals surface area contributed by atoms with Gasteiger partial charge >= 0.3 is 13.5 Å². The summed E-state index contributed by atoms with van der Waals surface area (Å²) in [6.07, 6.45) is 4.10. The second-order valence-electron chi connectivity index (χ2n) is 8.96. The zero-order chi connectivity index (χ0) is 24.0. The Bertz CT molecular complexity index is 1290. The van der Waals surface area contributed by atoms with E-state index in [1.807, 2.05) is 20.8 Å². The number of H-pyrrole nitrogens is 1. The Morgan fingerprint density at radius 1 is 1.27 bits per heavy atom. The van der Waals surface area contributed by atoms with E-state index in [1.54, 1.807) is 31.2 Å². The van der Waals surface area contributed by atoms with E-state index in [1.165, 1.54) is 10.8 Å². The van der Waals surface area contributed by atoms with E-state index in [9.17, 15) is 18.9 Å². The third-order valence-electron chi connectivity index (χ3n) is 5.34. The average Bonchev–Trinajstić information content (AvgIpc) is 3.22. The molecule has 2 aromatic rings. The van der Waals surface area contributed by atoms with Crippen LogP contribution in [0.2, 0.25) is 0 Å². The molecule has 4 rings (SSSR count). The van der Waals surface area contributed by atoms with Crippen molar-refractivity contribution >= 4 is 14.1 Å². The fourth-order valence-corrected chi connectivity index (χ4v) is 4.83. The molecule has 1 aromatic heterocycles. The molecule has 0 bridgehead atoms. The molecule has 0 saturated carbocycles. The first-order valence-electron chi connectivity index (χ1n) is 10.4. The van der Waals surface area contributed by atoms with Crippen molar-refractivity contribution in [2.24, 2.45) is 0 Å². The molecule has 2 aliphatic heterocycles. The third kappa shape index (κ3) is 4.79. The van der Waals surface area contributed by atoms with Gasteiger partial charge in [0.2, 0.25) is 0 Å². The van der Waals surface area contributed by atoms with Gasteiger partial charge in [0, 0.05) is 28.5 Å². The second kappa shape index (κ2) is 8.53. The summed E-state index contributed by atoms with van der Waals surface area (Å²) in [5, 5.41) is 0. The minimum Gasteiger partial charge on any atom is -0.403 e. The van der Waals surface area contributed by atoms with Crippen LogP contribution in [0.15, 0.2) is 40.1 Å². The van der Waals surface area contributed by atoms with Crippen LogP contribution in [0.1, 0.15) is 54.0 Å². The van der Waals surface area contributed by atoms with Gasteiger partial charge in [-0.15, -0.1) is 0 Å². The Labute approximate surface area is 189 Å². The largest absolute Gasteiger partial charge is 0.530 e. The number of hydrogen-bond donors (Lipinski definition) is 1. The van der Waals surface area contributed by atoms with Crippen LogP contribution >= 0.6 is 7.82 Å². The van der Waals surface area contributed by atoms with Gasteiger partial charge in [-0.3, -0.25) is 28.2 Å². The van der Waals surface area contributed by atoms with E-state index in [-0.39, 0.29) is 18.6 Å². The van der Waals surface area contributed by atoms with Gasteiger partial charge in [-0.25, -0.2) is 9.36 Å². The van der Waals surface area contributed by atoms with Gasteiger partial charge in [0.05, 0.1) is 13.2 Å². The van der Waals surface area contributed by atoms with Gasteiger partial charge in [-0.1, -0.05) is 26.8 Å². The maximum atomic E-state index is 13.2. The third-order valence-corrected chi connectivity index (χ3v) is 6.65. The Hall–Kier alpha value is -2.78. The van der Waals surface area contributed by atoms with Crippen molar-refractivity contribution in [2.75, 3.05) is 6.61 Å². The molecule has 3 atom stereocenters. The maximum Gasteiger partial charge on any atom is 0.530 e. The minimum atomic E-state index is -3.95. The highest BCUT2D eigenvalue weighted by Gasteiger charge is 2.38. The summed E-state index contributed by atoms with van der Waals surface area (Å²) in [5.74, 6) is 0.388. The predicted octanol–water partition coefficient (Wildman–Crippen LogP) is 3.14. The van der Waals surface area contributed by atoms with Crippen LogP contribution in [0.5, 0.6) is 5.75 Å². The summed E-state index contributed by atoms with van der Waals surface area (Å²) in [6.45, 7) is 7.28. The van der Waals surface area contributed by atoms with Gasteiger partial charge in [0.15, 0.2) is 6.23 Å². The molecule has 2 aliphatic rings. The first-order chi connectivity index (χ1) is 15.5. The van der Waals surface area contributed by atoms with Gasteiger partial charge < -0.3 is 9.26 Å². The van der Waals surface area contributed by atoms with Gasteiger partial charge in [0.1, 0.15) is 18.1 Å². The van der Waals surface area contributed by atoms with Crippen LogP contribution in [0.3, 0.4) is 0 Å². The van der Waals surface area contributed by atoms with Crippen molar-refractivity contribution in [1.82, 2.24) is 9.55 Å². The summed E-state index contributed by atoms with van der Waals surface area (Å²) in [7, 11) is -3.95. The lowest BCUT2D eigenvalue weighted by Crippen LogP contribution is -2.33. The normalized spacial score (nSPS) is 24.4. The minimum absolute atomic E-state index is 0.0343. The second-order valence-corrected chi connectivity index (χ2v) is 10.6. The van der Waals surface area contributed by atoms with Crippen LogP contribution < -0.4 is 15.8 Å². The van der Waals surface area contributed by atoms with Gasteiger partial charge in [0.25, 0.3) is 5.56 Å². The lowest BCUT2D eigenvalue weighted by molar-refractivity contribution is -0.0130. The topological polar surface area (TPSA) is 126 Å². The zero-order valence-corrected chi connectivity index (χ0v) is 19.6. The Balaban J connectivity index is 1.47. The van der Waals surface area contributed by atoms with Crippen LogP contribution in [0, 0.1) is 6.92 Å². The number of aryl methyl sites for hydroxylation is 1. The molecule has 3 heterocycles. The number of carbonyl (C=O) groups is 1. The van der Waals surface area contributed by atoms with Crippen molar-refractivity contribution in [3.63, 3.8) is 0 Å². The van der Waals surface area contributed by atoms with Crippen molar-refractivity contribution in [3.8, 4) is 5.75 Å². The molecule has 1 aromatic carbocycles. The van der Waals surface area contributed by atoms with Gasteiger partial charge in [-0.05, 0) is 30.5 Å². The maximum absolute atomic E-state index is 13.2. The molecule has 1 N–H and O–H groups in total. The van der Waals surface area contributed by atoms with E-state index >= 15 is 0 Å². The van der Waals surface area contributed by atoms with E-state index in [2.05, 4.69) is 4.98 Å². The molecule has 0 radical (unpaired) electrons. The SMILES string of the molecule is Cc1cn([C@H]2C=C[C@@H](CO[P@@]3(=O)OCc4cc(C=O)cc(C(C)(C)C)c4O3)O2)c(=O)[nH]c1=O. The molecule has 0 spiro atoms. The fraction of sp³-hybridized carbons (Fsp3) is 0.409. The summed E-state index contributed by atoms with van der Waals surface area (Å²) >= 11 is 0. The van der Waals surface area contributed by atoms with Crippen LogP contribution in [0.4, 0.5) is 0 Å². The van der Waals surface area contributed by atoms with Crippen molar-refractivity contribution in [2.45, 2.75) is 52.0 Å². The summed E-state index contributed by atoms with van der Waals surface area (Å²) < 4.78 is 36.8. The van der Waals surface area contributed by atoms with E-state index < -0.39 is 31.4 Å². The molecule has 0 aliphatic carbocycles. The van der Waals surface area contributed by atoms with Gasteiger partial charge in [-0.2, -0.15) is 0 Å². The van der Waals surface area contributed by atoms with E-state index in [0.717, 1.165) is 11.8 Å². The molecule has 33 heavy (non-hydrogen) atoms. The molecular formula is C22H25N2O8P. The highest BCUT2D eigenvalue weighted by molar-refractivity contribution is 7.49. The highest BCUT2D eigenvalue weighted by Crippen LogP contribution is 2.56. The Kier molecular flexibility index (Phi) is 6.05. The average molecular weight is 476 g/mol. The number of ether oxygens (including phenoxy) is 1. The van der Waals surface area contributed by atoms with Crippen LogP contribution in [-0.4, -0.2) is 28.5 Å². The first kappa shape index (κ1) is 23.4. The summed E-state index contributed by atoms with van der Waals surface area (Å²) in [4.78, 5) is 37.2. The predicted molar refractivity (Wildman–Crippen MR) is 119 cm³/mol. The molecule has 0 fully saturated rings. The van der Waals surface area contributed by atoms with E-state index in [0.29, 0.717) is 22.4 Å². The number of aromatic nitrogens is 2. The van der Waals surface area contributed by atoms with Crippen molar-refractivity contribution in [3.05, 3.63) is 73.6 Å². The standard InChI is InChI=1S/C22H25N2O8P/c1-13-9-24(21(27)23-20(13)26)18-6-5-16(31-18)12-30-33(28)29-11-15-7-14(10-25)8-17(19(15)32-33)22(2,3)4/h5-10,16,18H,11-12H2,1-4H3,(H,23,26,27)/t16-,18+,33+/m0/s1. The summed E-state index contributed by atoms with van der Waals surface area (Å²) in [6, 6.07) is 3.34. The quantitative estimate of drug-likeness (QED) is 0.396. The van der Waals surface area contributed by atoms with Crippen molar-refractivity contribution in [1.29, 1.82) is 0 Å². The number of carbonyl (C=O) groups excluding carboxylic acids is 1. The number of benzene rings is 1. The Morgan fingerprint density at radius 2 is 2.03 bits per heavy atom. The monoisotopic (exact) mass is 476 g/mol. The highest BCUT2D eigenvalue weighted by atomic mass is 31.2. The smallest absolute Gasteiger partial charge is 0.403 e. The lowest BCUT2D eigenvalue weighted by atomic mass is 9.84.